The second-order valence-electron chi connectivity index (χ2n) is 6.35. The largest absolute Gasteiger partial charge is 0.448 e. The molecule has 0 unspecified atom stereocenters. The highest BCUT2D eigenvalue weighted by Gasteiger charge is 2.35. The molecular formula is C16H27N3O2S. The number of aromatic nitrogens is 1. The Balaban J connectivity index is 1.95. The summed E-state index contributed by atoms with van der Waals surface area (Å²) in [6.07, 6.45) is 4.67. The molecule has 0 aromatic carbocycles. The smallest absolute Gasteiger partial charge is 0.273 e. The van der Waals surface area contributed by atoms with E-state index in [2.05, 4.69) is 35.3 Å². The Bertz CT molecular complexity index is 489. The number of amides is 1. The lowest BCUT2D eigenvalue weighted by Gasteiger charge is -2.22. The zero-order chi connectivity index (χ0) is 16.1. The summed E-state index contributed by atoms with van der Waals surface area (Å²) in [6, 6.07) is 0.192. The van der Waals surface area contributed by atoms with E-state index in [0.29, 0.717) is 23.3 Å². The van der Waals surface area contributed by atoms with Crippen molar-refractivity contribution in [1.82, 2.24) is 15.2 Å². The van der Waals surface area contributed by atoms with Gasteiger partial charge in [-0.3, -0.25) is 4.79 Å². The standard InChI is InChI=1S/C16H27N3O2S/c1-11(2)13-8-19(6-5-7-22-4)9-14(13)18-16(20)15-12(3)21-10-17-15/h10-11,13-14H,5-9H2,1-4H3,(H,18,20)/t13-,14+/m1/s1. The molecule has 6 heteroatoms. The predicted molar refractivity (Wildman–Crippen MR) is 90.3 cm³/mol. The average molecular weight is 325 g/mol. The van der Waals surface area contributed by atoms with Crippen LogP contribution in [0.25, 0.3) is 0 Å². The van der Waals surface area contributed by atoms with Crippen LogP contribution in [0.5, 0.6) is 0 Å². The Hall–Kier alpha value is -1.01. The highest BCUT2D eigenvalue weighted by molar-refractivity contribution is 7.98. The molecule has 1 aliphatic heterocycles. The Morgan fingerprint density at radius 1 is 1.55 bits per heavy atom. The maximum Gasteiger partial charge on any atom is 0.273 e. The van der Waals surface area contributed by atoms with Gasteiger partial charge in [-0.05, 0) is 43.7 Å². The van der Waals surface area contributed by atoms with Crippen molar-refractivity contribution >= 4 is 17.7 Å². The Kier molecular flexibility index (Phi) is 6.32. The molecule has 1 amide bonds. The lowest BCUT2D eigenvalue weighted by Crippen LogP contribution is -2.42. The Morgan fingerprint density at radius 2 is 2.32 bits per heavy atom. The normalized spacial score (nSPS) is 22.4. The average Bonchev–Trinajstić information content (AvgIpc) is 3.05. The zero-order valence-electron chi connectivity index (χ0n) is 14.0. The van der Waals surface area contributed by atoms with Crippen LogP contribution in [0.2, 0.25) is 0 Å². The number of nitrogens with one attached hydrogen (secondary N) is 1. The maximum absolute atomic E-state index is 12.4. The first-order chi connectivity index (χ1) is 10.5. The van der Waals surface area contributed by atoms with E-state index < -0.39 is 0 Å². The van der Waals surface area contributed by atoms with Crippen LogP contribution in [-0.4, -0.2) is 53.5 Å². The minimum Gasteiger partial charge on any atom is -0.448 e. The molecule has 5 nitrogen and oxygen atoms in total. The number of thioether (sulfide) groups is 1. The number of carbonyl (C=O) groups is 1. The maximum atomic E-state index is 12.4. The molecule has 2 atom stereocenters. The molecule has 1 aromatic heterocycles. The van der Waals surface area contributed by atoms with Gasteiger partial charge in [0.1, 0.15) is 5.76 Å². The van der Waals surface area contributed by atoms with Crippen LogP contribution in [0, 0.1) is 18.8 Å². The van der Waals surface area contributed by atoms with Gasteiger partial charge in [-0.15, -0.1) is 0 Å². The minimum absolute atomic E-state index is 0.118. The van der Waals surface area contributed by atoms with Crippen LogP contribution in [-0.2, 0) is 0 Å². The van der Waals surface area contributed by atoms with Gasteiger partial charge in [0.05, 0.1) is 0 Å². The fourth-order valence-electron chi connectivity index (χ4n) is 3.12. The molecule has 124 valence electrons. The van der Waals surface area contributed by atoms with Crippen LogP contribution >= 0.6 is 11.8 Å². The van der Waals surface area contributed by atoms with Crippen molar-refractivity contribution in [2.45, 2.75) is 33.2 Å². The van der Waals surface area contributed by atoms with Gasteiger partial charge in [0.2, 0.25) is 0 Å². The number of hydrogen-bond acceptors (Lipinski definition) is 5. The molecule has 0 saturated carbocycles. The third-order valence-corrected chi connectivity index (χ3v) is 5.09. The van der Waals surface area contributed by atoms with Gasteiger partial charge < -0.3 is 14.6 Å². The van der Waals surface area contributed by atoms with E-state index in [1.165, 1.54) is 18.6 Å². The van der Waals surface area contributed by atoms with Crippen LogP contribution < -0.4 is 5.32 Å². The van der Waals surface area contributed by atoms with E-state index in [1.807, 2.05) is 11.8 Å². The fraction of sp³-hybridized carbons (Fsp3) is 0.750. The summed E-state index contributed by atoms with van der Waals surface area (Å²) in [4.78, 5) is 18.8. The van der Waals surface area contributed by atoms with Gasteiger partial charge in [-0.1, -0.05) is 13.8 Å². The fourth-order valence-corrected chi connectivity index (χ4v) is 3.53. The molecule has 0 aliphatic carbocycles. The van der Waals surface area contributed by atoms with Crippen molar-refractivity contribution in [3.05, 3.63) is 17.8 Å². The Labute approximate surface area is 137 Å². The Morgan fingerprint density at radius 3 is 2.91 bits per heavy atom. The summed E-state index contributed by atoms with van der Waals surface area (Å²) < 4.78 is 5.13. The van der Waals surface area contributed by atoms with E-state index in [1.54, 1.807) is 6.92 Å². The van der Waals surface area contributed by atoms with Gasteiger partial charge in [-0.2, -0.15) is 11.8 Å². The van der Waals surface area contributed by atoms with Crippen molar-refractivity contribution in [3.8, 4) is 0 Å². The first-order valence-electron chi connectivity index (χ1n) is 7.95. The molecule has 0 spiro atoms. The number of oxazole rings is 1. The van der Waals surface area contributed by atoms with Crippen LogP contribution in [0.1, 0.15) is 36.5 Å². The van der Waals surface area contributed by atoms with E-state index >= 15 is 0 Å². The first kappa shape index (κ1) is 17.3. The number of carbonyl (C=O) groups excluding carboxylic acids is 1. The van der Waals surface area contributed by atoms with Crippen molar-refractivity contribution in [3.63, 3.8) is 0 Å². The SMILES string of the molecule is CSCCCN1C[C@H](NC(=O)c2ncoc2C)[C@@H](C(C)C)C1. The molecule has 1 aromatic rings. The number of hydrogen-bond donors (Lipinski definition) is 1. The number of likely N-dealkylation sites (tertiary alicyclic amines) is 1. The molecule has 1 saturated heterocycles. The topological polar surface area (TPSA) is 58.4 Å². The molecule has 2 heterocycles. The molecule has 1 N–H and O–H groups in total. The molecular weight excluding hydrogens is 298 g/mol. The third kappa shape index (κ3) is 4.26. The second-order valence-corrected chi connectivity index (χ2v) is 7.34. The van der Waals surface area contributed by atoms with Crippen LogP contribution in [0.4, 0.5) is 0 Å². The lowest BCUT2D eigenvalue weighted by molar-refractivity contribution is 0.0919. The van der Waals surface area contributed by atoms with E-state index in [0.717, 1.165) is 19.6 Å². The van der Waals surface area contributed by atoms with Gasteiger partial charge in [0.25, 0.3) is 5.91 Å². The quantitative estimate of drug-likeness (QED) is 0.780. The summed E-state index contributed by atoms with van der Waals surface area (Å²) in [7, 11) is 0. The molecule has 22 heavy (non-hydrogen) atoms. The highest BCUT2D eigenvalue weighted by atomic mass is 32.2. The number of aryl methyl sites for hydroxylation is 1. The van der Waals surface area contributed by atoms with Crippen LogP contribution in [0.3, 0.4) is 0 Å². The van der Waals surface area contributed by atoms with Crippen molar-refractivity contribution in [2.75, 3.05) is 31.6 Å². The van der Waals surface area contributed by atoms with Crippen molar-refractivity contribution in [2.24, 2.45) is 11.8 Å². The van der Waals surface area contributed by atoms with Gasteiger partial charge in [0.15, 0.2) is 12.1 Å². The summed E-state index contributed by atoms with van der Waals surface area (Å²) >= 11 is 1.89. The lowest BCUT2D eigenvalue weighted by atomic mass is 9.91. The van der Waals surface area contributed by atoms with Gasteiger partial charge in [-0.25, -0.2) is 4.98 Å². The van der Waals surface area contributed by atoms with E-state index in [-0.39, 0.29) is 11.9 Å². The summed E-state index contributed by atoms with van der Waals surface area (Å²) in [5.41, 5.74) is 0.406. The predicted octanol–water partition coefficient (Wildman–Crippen LogP) is 2.42. The minimum atomic E-state index is -0.118. The number of rotatable bonds is 7. The van der Waals surface area contributed by atoms with Crippen molar-refractivity contribution < 1.29 is 9.21 Å². The molecule has 2 rings (SSSR count). The number of nitrogens with zero attached hydrogens (tertiary/aromatic N) is 2. The second kappa shape index (κ2) is 8.02. The molecule has 0 bridgehead atoms. The molecule has 1 aliphatic rings. The van der Waals surface area contributed by atoms with Gasteiger partial charge in [0, 0.05) is 19.1 Å². The zero-order valence-corrected chi connectivity index (χ0v) is 14.8. The third-order valence-electron chi connectivity index (χ3n) is 4.40. The summed E-state index contributed by atoms with van der Waals surface area (Å²) in [5.74, 6) is 2.69. The van der Waals surface area contributed by atoms with E-state index in [9.17, 15) is 4.79 Å². The molecule has 0 radical (unpaired) electrons. The summed E-state index contributed by atoms with van der Waals surface area (Å²) in [5, 5.41) is 3.17. The summed E-state index contributed by atoms with van der Waals surface area (Å²) in [6.45, 7) is 9.34. The molecule has 1 fully saturated rings. The highest BCUT2D eigenvalue weighted by Crippen LogP contribution is 2.25. The van der Waals surface area contributed by atoms with E-state index in [4.69, 9.17) is 4.42 Å². The monoisotopic (exact) mass is 325 g/mol. The van der Waals surface area contributed by atoms with Crippen LogP contribution in [0.15, 0.2) is 10.8 Å². The van der Waals surface area contributed by atoms with Gasteiger partial charge >= 0.3 is 0 Å². The van der Waals surface area contributed by atoms with Crippen molar-refractivity contribution in [1.29, 1.82) is 0 Å². The first-order valence-corrected chi connectivity index (χ1v) is 9.34.